The molecule has 4 aromatic heterocycles. The molecule has 3 N–H and O–H groups in total. The third-order valence-corrected chi connectivity index (χ3v) is 5.75. The number of amides is 1. The summed E-state index contributed by atoms with van der Waals surface area (Å²) in [5.74, 6) is -0.0168. The van der Waals surface area contributed by atoms with Crippen LogP contribution in [0.2, 0.25) is 0 Å². The lowest BCUT2D eigenvalue weighted by molar-refractivity contribution is 0.0989. The van der Waals surface area contributed by atoms with Crippen LogP contribution in [0.15, 0.2) is 38.5 Å². The molecule has 4 rings (SSSR count). The molecule has 0 fully saturated rings. The van der Waals surface area contributed by atoms with Gasteiger partial charge < -0.3 is 15.1 Å². The number of anilines is 2. The smallest absolute Gasteiger partial charge is 0.330 e. The number of aromatic amines is 1. The molecule has 4 aromatic rings. The first kappa shape index (κ1) is 23.0. The van der Waals surface area contributed by atoms with Gasteiger partial charge in [-0.1, -0.05) is 13.3 Å². The van der Waals surface area contributed by atoms with E-state index in [0.717, 1.165) is 6.42 Å². The molecule has 0 bridgehead atoms. The molecule has 0 radical (unpaired) electrons. The number of rotatable bonds is 7. The van der Waals surface area contributed by atoms with E-state index in [2.05, 4.69) is 15.1 Å². The van der Waals surface area contributed by atoms with Crippen molar-refractivity contribution in [3.63, 3.8) is 0 Å². The van der Waals surface area contributed by atoms with E-state index in [4.69, 9.17) is 10.2 Å². The van der Waals surface area contributed by atoms with Gasteiger partial charge in [-0.3, -0.25) is 23.8 Å². The van der Waals surface area contributed by atoms with Crippen molar-refractivity contribution in [2.75, 3.05) is 17.2 Å². The molecule has 0 saturated carbocycles. The first-order valence-corrected chi connectivity index (χ1v) is 11.1. The fourth-order valence-electron chi connectivity index (χ4n) is 4.09. The van der Waals surface area contributed by atoms with Crippen molar-refractivity contribution in [3.05, 3.63) is 56.6 Å². The monoisotopic (exact) mass is 465 g/mol. The molecule has 0 spiro atoms. The number of H-pyrrole nitrogens is 1. The first-order chi connectivity index (χ1) is 16.3. The summed E-state index contributed by atoms with van der Waals surface area (Å²) in [6.45, 7) is 5.99. The zero-order valence-electron chi connectivity index (χ0n) is 19.6. The maximum Gasteiger partial charge on any atom is 0.330 e. The highest BCUT2D eigenvalue weighted by atomic mass is 16.3. The van der Waals surface area contributed by atoms with Gasteiger partial charge in [0, 0.05) is 20.1 Å². The number of hydrogen-bond acceptors (Lipinski definition) is 7. The van der Waals surface area contributed by atoms with Crippen LogP contribution in [0, 0.1) is 6.92 Å². The topological polar surface area (TPSA) is 145 Å². The van der Waals surface area contributed by atoms with Gasteiger partial charge in [-0.25, -0.2) is 9.78 Å². The van der Waals surface area contributed by atoms with Crippen LogP contribution < -0.4 is 21.9 Å². The lowest BCUT2D eigenvalue weighted by Gasteiger charge is -2.23. The average molecular weight is 466 g/mol. The van der Waals surface area contributed by atoms with Crippen molar-refractivity contribution in [2.24, 2.45) is 7.05 Å². The summed E-state index contributed by atoms with van der Waals surface area (Å²) in [5, 5.41) is 4.99. The molecule has 11 heteroatoms. The maximum atomic E-state index is 13.9. The van der Waals surface area contributed by atoms with E-state index in [1.54, 1.807) is 43.8 Å². The first-order valence-electron chi connectivity index (χ1n) is 11.1. The Morgan fingerprint density at radius 2 is 2.06 bits per heavy atom. The molecule has 0 aliphatic carbocycles. The predicted molar refractivity (Wildman–Crippen MR) is 129 cm³/mol. The van der Waals surface area contributed by atoms with Crippen LogP contribution in [-0.2, 0) is 13.6 Å². The molecule has 178 valence electrons. The van der Waals surface area contributed by atoms with Gasteiger partial charge in [0.1, 0.15) is 11.5 Å². The van der Waals surface area contributed by atoms with Crippen molar-refractivity contribution < 1.29 is 9.21 Å². The number of nitrogens with two attached hydrogens (primary N) is 1. The molecule has 0 atom stereocenters. The average Bonchev–Trinajstić information content (AvgIpc) is 3.44. The zero-order chi connectivity index (χ0) is 24.6. The van der Waals surface area contributed by atoms with Crippen molar-refractivity contribution in [3.8, 4) is 11.5 Å². The third kappa shape index (κ3) is 3.78. The van der Waals surface area contributed by atoms with Gasteiger partial charge in [-0.2, -0.15) is 5.10 Å². The lowest BCUT2D eigenvalue weighted by atomic mass is 10.1. The summed E-state index contributed by atoms with van der Waals surface area (Å²) in [6, 6.07) is 5.10. The Kier molecular flexibility index (Phi) is 6.10. The minimum absolute atomic E-state index is 0.0446. The fraction of sp³-hybridized carbons (Fsp3) is 0.348. The van der Waals surface area contributed by atoms with E-state index in [1.807, 2.05) is 6.92 Å². The van der Waals surface area contributed by atoms with Crippen LogP contribution in [0.25, 0.3) is 22.5 Å². The highest BCUT2D eigenvalue weighted by Gasteiger charge is 2.28. The molecular formula is C23H27N7O4. The quantitative estimate of drug-likeness (QED) is 0.426. The molecule has 4 heterocycles. The summed E-state index contributed by atoms with van der Waals surface area (Å²) in [7, 11) is 1.74. The summed E-state index contributed by atoms with van der Waals surface area (Å²) >= 11 is 0. The Morgan fingerprint density at radius 3 is 2.71 bits per heavy atom. The number of nitrogens with zero attached hydrogens (tertiary/aromatic N) is 5. The number of aromatic nitrogens is 5. The Balaban J connectivity index is 1.93. The van der Waals surface area contributed by atoms with Gasteiger partial charge in [-0.15, -0.1) is 0 Å². The van der Waals surface area contributed by atoms with E-state index < -0.39 is 17.2 Å². The molecule has 0 aliphatic rings. The number of aryl methyl sites for hydroxylation is 2. The van der Waals surface area contributed by atoms with E-state index in [9.17, 15) is 14.4 Å². The number of nitrogens with one attached hydrogen (secondary N) is 1. The van der Waals surface area contributed by atoms with Crippen LogP contribution in [0.5, 0.6) is 0 Å². The van der Waals surface area contributed by atoms with Gasteiger partial charge in [0.05, 0.1) is 22.9 Å². The number of carbonyl (C=O) groups excluding carboxylic acids is 1. The summed E-state index contributed by atoms with van der Waals surface area (Å²) in [6.07, 6.45) is 3.05. The number of unbranched alkanes of at least 4 members (excludes halogenated alkanes) is 1. The number of nitrogen functional groups attached to an aromatic ring is 1. The Bertz CT molecular complexity index is 1480. The number of pyridine rings is 1. The Labute approximate surface area is 194 Å². The predicted octanol–water partition coefficient (Wildman–Crippen LogP) is 2.44. The van der Waals surface area contributed by atoms with E-state index >= 15 is 0 Å². The molecular weight excluding hydrogens is 438 g/mol. The number of hydrogen-bond donors (Lipinski definition) is 2. The van der Waals surface area contributed by atoms with Gasteiger partial charge >= 0.3 is 5.69 Å². The highest BCUT2D eigenvalue weighted by Crippen LogP contribution is 2.29. The van der Waals surface area contributed by atoms with Gasteiger partial charge in [0.15, 0.2) is 17.1 Å². The van der Waals surface area contributed by atoms with Crippen molar-refractivity contribution in [1.29, 1.82) is 0 Å². The molecule has 0 saturated heterocycles. The largest absolute Gasteiger partial charge is 0.463 e. The van der Waals surface area contributed by atoms with E-state index in [1.165, 1.54) is 15.7 Å². The van der Waals surface area contributed by atoms with E-state index in [-0.39, 0.29) is 18.1 Å². The minimum atomic E-state index is -0.718. The standard InChI is InChI=1S/C23H27N7O4/c1-5-7-10-30-19(24)18(21(31)26-23(30)33)29(6-2)22(32)14-12-15(16-9-8-11-34-16)25-20-17(14)13(3)27-28(20)4/h8-9,11-12H,5-7,10,24H2,1-4H3,(H,26,31,33). The molecule has 34 heavy (non-hydrogen) atoms. The molecule has 0 unspecified atom stereocenters. The summed E-state index contributed by atoms with van der Waals surface area (Å²) in [5.41, 5.74) is 6.77. The lowest BCUT2D eigenvalue weighted by Crippen LogP contribution is -2.41. The SMILES string of the molecule is CCCCn1c(N)c(N(CC)C(=O)c2cc(-c3ccco3)nc3c2c(C)nn3C)c(=O)[nH]c1=O. The number of furan rings is 1. The molecule has 1 amide bonds. The van der Waals surface area contributed by atoms with Gasteiger partial charge in [0.2, 0.25) is 0 Å². The van der Waals surface area contributed by atoms with Crippen molar-refractivity contribution >= 4 is 28.4 Å². The number of carbonyl (C=O) groups is 1. The molecule has 0 aromatic carbocycles. The Hall–Kier alpha value is -4.15. The van der Waals surface area contributed by atoms with Crippen molar-refractivity contribution in [1.82, 2.24) is 24.3 Å². The minimum Gasteiger partial charge on any atom is -0.463 e. The number of fused-ring (bicyclic) bond motifs is 1. The second-order valence-electron chi connectivity index (χ2n) is 7.99. The molecule has 0 aliphatic heterocycles. The zero-order valence-corrected chi connectivity index (χ0v) is 19.6. The van der Waals surface area contributed by atoms with Gasteiger partial charge in [0.25, 0.3) is 11.5 Å². The van der Waals surface area contributed by atoms with Crippen molar-refractivity contribution in [2.45, 2.75) is 40.2 Å². The summed E-state index contributed by atoms with van der Waals surface area (Å²) < 4.78 is 8.38. The highest BCUT2D eigenvalue weighted by molar-refractivity contribution is 6.15. The maximum absolute atomic E-state index is 13.9. The fourth-order valence-corrected chi connectivity index (χ4v) is 4.09. The molecule has 11 nitrogen and oxygen atoms in total. The van der Waals surface area contributed by atoms with Crippen LogP contribution >= 0.6 is 0 Å². The Morgan fingerprint density at radius 1 is 1.29 bits per heavy atom. The van der Waals surface area contributed by atoms with Gasteiger partial charge in [-0.05, 0) is 38.5 Å². The van der Waals surface area contributed by atoms with Crippen LogP contribution in [0.1, 0.15) is 42.7 Å². The third-order valence-electron chi connectivity index (χ3n) is 5.75. The van der Waals surface area contributed by atoms with E-state index in [0.29, 0.717) is 46.7 Å². The normalized spacial score (nSPS) is 11.3. The summed E-state index contributed by atoms with van der Waals surface area (Å²) in [4.78, 5) is 47.3. The second kappa shape index (κ2) is 9.00. The second-order valence-corrected chi connectivity index (χ2v) is 7.99. The van der Waals surface area contributed by atoms with Crippen LogP contribution in [0.3, 0.4) is 0 Å². The van der Waals surface area contributed by atoms with Crippen LogP contribution in [-0.4, -0.2) is 36.8 Å². The van der Waals surface area contributed by atoms with Crippen LogP contribution in [0.4, 0.5) is 11.5 Å².